The largest absolute Gasteiger partial charge is 0.298 e. The summed E-state index contributed by atoms with van der Waals surface area (Å²) in [6.07, 6.45) is 0.867. The number of hydrogen-bond acceptors (Lipinski definition) is 2. The molecule has 0 spiro atoms. The van der Waals surface area contributed by atoms with Crippen molar-refractivity contribution in [2.75, 3.05) is 0 Å². The maximum Gasteiger partial charge on any atom is 0.150 e. The molecule has 2 heteroatoms. The van der Waals surface area contributed by atoms with Gasteiger partial charge in [-0.3, -0.25) is 4.79 Å². The quantitative estimate of drug-likeness (QED) is 0.605. The topological polar surface area (TPSA) is 17.1 Å². The van der Waals surface area contributed by atoms with Gasteiger partial charge in [0.2, 0.25) is 0 Å². The lowest BCUT2D eigenvalue weighted by molar-refractivity contribution is 0.112. The molecule has 0 unspecified atom stereocenters. The lowest BCUT2D eigenvalue weighted by Gasteiger charge is -2.02. The Bertz CT molecular complexity index is 665. The van der Waals surface area contributed by atoms with Crippen LogP contribution in [-0.4, -0.2) is 6.29 Å². The van der Waals surface area contributed by atoms with Crippen molar-refractivity contribution < 1.29 is 4.79 Å². The van der Waals surface area contributed by atoms with Gasteiger partial charge in [0.1, 0.15) is 6.29 Å². The number of carbonyl (C=O) groups excluding carboxylic acids is 1. The fourth-order valence-corrected chi connectivity index (χ4v) is 2.67. The van der Waals surface area contributed by atoms with Crippen LogP contribution in [0, 0.1) is 0 Å². The van der Waals surface area contributed by atoms with Gasteiger partial charge in [-0.1, -0.05) is 30.3 Å². The Morgan fingerprint density at radius 2 is 1.65 bits per heavy atom. The number of benzene rings is 2. The van der Waals surface area contributed by atoms with Crippen LogP contribution in [0.4, 0.5) is 0 Å². The average molecular weight is 238 g/mol. The third kappa shape index (κ3) is 1.87. The van der Waals surface area contributed by atoms with E-state index in [0.29, 0.717) is 5.56 Å². The van der Waals surface area contributed by atoms with Crippen LogP contribution in [0.5, 0.6) is 0 Å². The van der Waals surface area contributed by atoms with E-state index < -0.39 is 0 Å². The van der Waals surface area contributed by atoms with Gasteiger partial charge in [0.25, 0.3) is 0 Å². The highest BCUT2D eigenvalue weighted by molar-refractivity contribution is 7.17. The van der Waals surface area contributed by atoms with Gasteiger partial charge < -0.3 is 0 Å². The molecular weight excluding hydrogens is 228 g/mol. The number of hydrogen-bond donors (Lipinski definition) is 0. The molecule has 0 aliphatic heterocycles. The van der Waals surface area contributed by atoms with E-state index in [1.54, 1.807) is 11.3 Å². The first-order valence-corrected chi connectivity index (χ1v) is 6.28. The summed E-state index contributed by atoms with van der Waals surface area (Å²) in [7, 11) is 0. The molecule has 3 rings (SSSR count). The Kier molecular flexibility index (Phi) is 2.50. The lowest BCUT2D eigenvalue weighted by atomic mass is 10.0. The first-order chi connectivity index (χ1) is 8.36. The van der Waals surface area contributed by atoms with Crippen molar-refractivity contribution in [3.05, 3.63) is 59.5 Å². The predicted octanol–water partition coefficient (Wildman–Crippen LogP) is 4.38. The normalized spacial score (nSPS) is 10.6. The first kappa shape index (κ1) is 10.2. The molecule has 0 aliphatic carbocycles. The molecule has 0 fully saturated rings. The molecule has 1 nitrogen and oxygen atoms in total. The number of carbonyl (C=O) groups is 1. The van der Waals surface area contributed by atoms with E-state index in [0.717, 1.165) is 11.8 Å². The molecule has 0 radical (unpaired) electrons. The maximum absolute atomic E-state index is 10.6. The average Bonchev–Trinajstić information content (AvgIpc) is 2.86. The summed E-state index contributed by atoms with van der Waals surface area (Å²) < 4.78 is 1.30. The molecular formula is C15H10OS. The Balaban J connectivity index is 2.09. The summed E-state index contributed by atoms with van der Waals surface area (Å²) in [6.45, 7) is 0. The number of thiophene rings is 1. The Labute approximate surface area is 103 Å². The fraction of sp³-hybridized carbons (Fsp3) is 0. The second-order valence-electron chi connectivity index (χ2n) is 3.91. The van der Waals surface area contributed by atoms with Crippen LogP contribution in [0.2, 0.25) is 0 Å². The Morgan fingerprint density at radius 1 is 0.882 bits per heavy atom. The van der Waals surface area contributed by atoms with Crippen molar-refractivity contribution in [1.29, 1.82) is 0 Å². The predicted molar refractivity (Wildman–Crippen MR) is 72.6 cm³/mol. The van der Waals surface area contributed by atoms with E-state index in [2.05, 4.69) is 29.6 Å². The zero-order valence-corrected chi connectivity index (χ0v) is 9.91. The van der Waals surface area contributed by atoms with Crippen molar-refractivity contribution in [3.63, 3.8) is 0 Å². The zero-order chi connectivity index (χ0) is 11.7. The van der Waals surface area contributed by atoms with Crippen LogP contribution >= 0.6 is 11.3 Å². The minimum atomic E-state index is 0.713. The minimum Gasteiger partial charge on any atom is -0.298 e. The van der Waals surface area contributed by atoms with Gasteiger partial charge >= 0.3 is 0 Å². The number of fused-ring (bicyclic) bond motifs is 1. The first-order valence-electron chi connectivity index (χ1n) is 5.40. The van der Waals surface area contributed by atoms with Gasteiger partial charge in [-0.05, 0) is 40.1 Å². The summed E-state index contributed by atoms with van der Waals surface area (Å²) in [5.41, 5.74) is 3.04. The van der Waals surface area contributed by atoms with Crippen LogP contribution in [0.3, 0.4) is 0 Å². The SMILES string of the molecule is O=Cc1ccc(-c2ccc3sccc3c2)cc1. The Hall–Kier alpha value is -1.93. The van der Waals surface area contributed by atoms with E-state index in [-0.39, 0.29) is 0 Å². The monoisotopic (exact) mass is 238 g/mol. The van der Waals surface area contributed by atoms with Crippen LogP contribution in [0.25, 0.3) is 21.2 Å². The third-order valence-corrected chi connectivity index (χ3v) is 3.73. The third-order valence-electron chi connectivity index (χ3n) is 2.83. The second-order valence-corrected chi connectivity index (χ2v) is 4.86. The van der Waals surface area contributed by atoms with Crippen LogP contribution in [0.15, 0.2) is 53.9 Å². The molecule has 17 heavy (non-hydrogen) atoms. The summed E-state index contributed by atoms with van der Waals surface area (Å²) in [5.74, 6) is 0. The highest BCUT2D eigenvalue weighted by atomic mass is 32.1. The van der Waals surface area contributed by atoms with Gasteiger partial charge in [0.05, 0.1) is 0 Å². The molecule has 0 aliphatic rings. The van der Waals surface area contributed by atoms with Gasteiger partial charge in [-0.15, -0.1) is 11.3 Å². The van der Waals surface area contributed by atoms with Crippen molar-refractivity contribution in [3.8, 4) is 11.1 Å². The van der Waals surface area contributed by atoms with Crippen molar-refractivity contribution >= 4 is 27.7 Å². The summed E-state index contributed by atoms with van der Waals surface area (Å²) in [5, 5.41) is 3.37. The molecule has 1 heterocycles. The molecule has 0 saturated carbocycles. The molecule has 0 saturated heterocycles. The highest BCUT2D eigenvalue weighted by Crippen LogP contribution is 2.27. The summed E-state index contributed by atoms with van der Waals surface area (Å²) in [4.78, 5) is 10.6. The van der Waals surface area contributed by atoms with E-state index in [1.807, 2.05) is 24.3 Å². The Morgan fingerprint density at radius 3 is 2.41 bits per heavy atom. The lowest BCUT2D eigenvalue weighted by Crippen LogP contribution is -1.80. The highest BCUT2D eigenvalue weighted by Gasteiger charge is 2.00. The molecule has 0 atom stereocenters. The van der Waals surface area contributed by atoms with Gasteiger partial charge in [-0.25, -0.2) is 0 Å². The van der Waals surface area contributed by atoms with E-state index in [4.69, 9.17) is 0 Å². The molecule has 0 bridgehead atoms. The maximum atomic E-state index is 10.6. The van der Waals surface area contributed by atoms with Gasteiger partial charge in [-0.2, -0.15) is 0 Å². The van der Waals surface area contributed by atoms with Crippen molar-refractivity contribution in [1.82, 2.24) is 0 Å². The van der Waals surface area contributed by atoms with Crippen LogP contribution < -0.4 is 0 Å². The number of rotatable bonds is 2. The number of aldehydes is 1. The molecule has 82 valence electrons. The second kappa shape index (κ2) is 4.15. The minimum absolute atomic E-state index is 0.713. The molecule has 2 aromatic carbocycles. The standard InChI is InChI=1S/C15H10OS/c16-10-11-1-3-12(4-2-11)13-5-6-15-14(9-13)7-8-17-15/h1-10H. The van der Waals surface area contributed by atoms with Crippen molar-refractivity contribution in [2.45, 2.75) is 0 Å². The molecule has 0 N–H and O–H groups in total. The summed E-state index contributed by atoms with van der Waals surface area (Å²) >= 11 is 1.75. The van der Waals surface area contributed by atoms with Crippen molar-refractivity contribution in [2.24, 2.45) is 0 Å². The van der Waals surface area contributed by atoms with Gasteiger partial charge in [0.15, 0.2) is 0 Å². The van der Waals surface area contributed by atoms with E-state index in [9.17, 15) is 4.79 Å². The zero-order valence-electron chi connectivity index (χ0n) is 9.09. The van der Waals surface area contributed by atoms with Crippen LogP contribution in [-0.2, 0) is 0 Å². The molecule has 1 aromatic heterocycles. The smallest absolute Gasteiger partial charge is 0.150 e. The molecule has 0 amide bonds. The van der Waals surface area contributed by atoms with Crippen LogP contribution in [0.1, 0.15) is 10.4 Å². The molecule has 3 aromatic rings. The van der Waals surface area contributed by atoms with Gasteiger partial charge in [0, 0.05) is 10.3 Å². The summed E-state index contributed by atoms with van der Waals surface area (Å²) in [6, 6.07) is 16.2. The fourth-order valence-electron chi connectivity index (χ4n) is 1.90. The van der Waals surface area contributed by atoms with E-state index >= 15 is 0 Å². The van der Waals surface area contributed by atoms with E-state index in [1.165, 1.54) is 15.6 Å².